The minimum atomic E-state index is 0.679. The zero-order valence-corrected chi connectivity index (χ0v) is 13.0. The standard InChI is InChI=1S/C20H14N2O2/c1-24-11-6-7-17-14(8-11)19-15(10-23)20-13(9-18(19)21-17)12-4-2-3-5-16(12)22-20/h2-10,21-22H,1H3. The fourth-order valence-electron chi connectivity index (χ4n) is 3.63. The topological polar surface area (TPSA) is 57.9 Å². The Morgan fingerprint density at radius 3 is 2.54 bits per heavy atom. The van der Waals surface area contributed by atoms with Gasteiger partial charge in [-0.3, -0.25) is 4.79 Å². The van der Waals surface area contributed by atoms with Crippen LogP contribution < -0.4 is 4.74 Å². The van der Waals surface area contributed by atoms with Crippen molar-refractivity contribution < 1.29 is 9.53 Å². The van der Waals surface area contributed by atoms with E-state index in [0.717, 1.165) is 55.6 Å². The molecule has 0 fully saturated rings. The van der Waals surface area contributed by atoms with Crippen molar-refractivity contribution in [3.63, 3.8) is 0 Å². The number of carbonyl (C=O) groups is 1. The fourth-order valence-corrected chi connectivity index (χ4v) is 3.63. The van der Waals surface area contributed by atoms with Gasteiger partial charge in [0.15, 0.2) is 6.29 Å². The highest BCUT2D eigenvalue weighted by Gasteiger charge is 2.16. The lowest BCUT2D eigenvalue weighted by molar-refractivity contribution is 0.112. The van der Waals surface area contributed by atoms with Crippen molar-refractivity contribution in [2.75, 3.05) is 7.11 Å². The molecule has 116 valence electrons. The van der Waals surface area contributed by atoms with Gasteiger partial charge in [0.25, 0.3) is 0 Å². The summed E-state index contributed by atoms with van der Waals surface area (Å²) in [4.78, 5) is 18.8. The van der Waals surface area contributed by atoms with Crippen molar-refractivity contribution >= 4 is 49.9 Å². The number of aromatic amines is 2. The van der Waals surface area contributed by atoms with Crippen molar-refractivity contribution in [2.45, 2.75) is 0 Å². The molecule has 0 aliphatic rings. The monoisotopic (exact) mass is 314 g/mol. The summed E-state index contributed by atoms with van der Waals surface area (Å²) in [6.45, 7) is 0. The number of hydrogen-bond acceptors (Lipinski definition) is 2. The molecule has 2 heterocycles. The average molecular weight is 314 g/mol. The Balaban J connectivity index is 2.04. The van der Waals surface area contributed by atoms with Crippen molar-refractivity contribution in [1.29, 1.82) is 0 Å². The van der Waals surface area contributed by atoms with Crippen molar-refractivity contribution in [3.8, 4) is 5.75 Å². The number of hydrogen-bond donors (Lipinski definition) is 2. The first-order valence-electron chi connectivity index (χ1n) is 7.78. The smallest absolute Gasteiger partial charge is 0.152 e. The van der Waals surface area contributed by atoms with E-state index in [-0.39, 0.29) is 0 Å². The van der Waals surface area contributed by atoms with E-state index in [1.165, 1.54) is 0 Å². The van der Waals surface area contributed by atoms with Crippen LogP contribution in [0.1, 0.15) is 10.4 Å². The Labute approximate surface area is 137 Å². The molecule has 0 aliphatic carbocycles. The van der Waals surface area contributed by atoms with Gasteiger partial charge in [-0.15, -0.1) is 0 Å². The Hall–Kier alpha value is -3.27. The number of methoxy groups -OCH3 is 1. The third kappa shape index (κ3) is 1.60. The Kier molecular flexibility index (Phi) is 2.54. The van der Waals surface area contributed by atoms with E-state index in [1.807, 2.05) is 36.4 Å². The van der Waals surface area contributed by atoms with Gasteiger partial charge >= 0.3 is 0 Å². The molecule has 0 saturated carbocycles. The highest BCUT2D eigenvalue weighted by Crippen LogP contribution is 2.37. The van der Waals surface area contributed by atoms with E-state index in [0.29, 0.717) is 5.56 Å². The molecule has 2 N–H and O–H groups in total. The van der Waals surface area contributed by atoms with Crippen LogP contribution in [-0.2, 0) is 0 Å². The predicted molar refractivity (Wildman–Crippen MR) is 97.1 cm³/mol. The minimum absolute atomic E-state index is 0.679. The molecule has 4 heteroatoms. The number of carbonyl (C=O) groups excluding carboxylic acids is 1. The van der Waals surface area contributed by atoms with Crippen LogP contribution in [0, 0.1) is 0 Å². The van der Waals surface area contributed by atoms with Gasteiger partial charge in [0.1, 0.15) is 5.75 Å². The zero-order valence-electron chi connectivity index (χ0n) is 13.0. The molecule has 0 unspecified atom stereocenters. The van der Waals surface area contributed by atoms with E-state index in [4.69, 9.17) is 4.74 Å². The lowest BCUT2D eigenvalue weighted by Crippen LogP contribution is -1.86. The minimum Gasteiger partial charge on any atom is -0.497 e. The number of H-pyrrole nitrogens is 2. The van der Waals surface area contributed by atoms with Crippen molar-refractivity contribution in [2.24, 2.45) is 0 Å². The largest absolute Gasteiger partial charge is 0.497 e. The normalized spacial score (nSPS) is 11.7. The van der Waals surface area contributed by atoms with Crippen molar-refractivity contribution in [1.82, 2.24) is 9.97 Å². The van der Waals surface area contributed by atoms with Gasteiger partial charge in [-0.2, -0.15) is 0 Å². The number of benzene rings is 3. The average Bonchev–Trinajstić information content (AvgIpc) is 3.17. The number of para-hydroxylation sites is 1. The fraction of sp³-hybridized carbons (Fsp3) is 0.0500. The highest BCUT2D eigenvalue weighted by atomic mass is 16.5. The molecule has 0 spiro atoms. The Morgan fingerprint density at radius 2 is 1.71 bits per heavy atom. The molecule has 0 saturated heterocycles. The maximum atomic E-state index is 11.9. The molecular weight excluding hydrogens is 300 g/mol. The number of aromatic nitrogens is 2. The van der Waals surface area contributed by atoms with Crippen LogP contribution in [0.3, 0.4) is 0 Å². The van der Waals surface area contributed by atoms with Crippen LogP contribution >= 0.6 is 0 Å². The van der Waals surface area contributed by atoms with Crippen LogP contribution in [0.2, 0.25) is 0 Å². The third-order valence-corrected chi connectivity index (χ3v) is 4.73. The lowest BCUT2D eigenvalue weighted by atomic mass is 10.0. The lowest BCUT2D eigenvalue weighted by Gasteiger charge is -2.01. The predicted octanol–water partition coefficient (Wildman–Crippen LogP) is 4.78. The molecule has 0 aliphatic heterocycles. The SMILES string of the molecule is COc1ccc2[nH]c3cc4c([nH]c5ccccc54)c(C=O)c3c2c1. The zero-order chi connectivity index (χ0) is 16.3. The van der Waals surface area contributed by atoms with E-state index < -0.39 is 0 Å². The van der Waals surface area contributed by atoms with E-state index >= 15 is 0 Å². The van der Waals surface area contributed by atoms with Crippen LogP contribution in [0.4, 0.5) is 0 Å². The summed E-state index contributed by atoms with van der Waals surface area (Å²) in [7, 11) is 1.65. The second-order valence-electron chi connectivity index (χ2n) is 5.96. The van der Waals surface area contributed by atoms with Gasteiger partial charge in [-0.25, -0.2) is 0 Å². The summed E-state index contributed by atoms with van der Waals surface area (Å²) in [6, 6.07) is 16.1. The van der Waals surface area contributed by atoms with Gasteiger partial charge in [-0.05, 0) is 30.3 Å². The summed E-state index contributed by atoms with van der Waals surface area (Å²) in [5.74, 6) is 0.775. The number of aldehydes is 1. The molecule has 0 radical (unpaired) electrons. The molecule has 3 aromatic carbocycles. The number of ether oxygens (including phenoxy) is 1. The Morgan fingerprint density at radius 1 is 0.875 bits per heavy atom. The molecule has 4 nitrogen and oxygen atoms in total. The highest BCUT2D eigenvalue weighted by molar-refractivity contribution is 6.24. The molecule has 2 aromatic heterocycles. The summed E-state index contributed by atoms with van der Waals surface area (Å²) in [5, 5.41) is 4.09. The molecule has 0 amide bonds. The van der Waals surface area contributed by atoms with E-state index in [2.05, 4.69) is 22.1 Å². The first-order valence-corrected chi connectivity index (χ1v) is 7.78. The summed E-state index contributed by atoms with van der Waals surface area (Å²) in [5.41, 5.74) is 4.54. The number of rotatable bonds is 2. The molecule has 5 rings (SSSR count). The van der Waals surface area contributed by atoms with Crippen LogP contribution in [0.5, 0.6) is 5.75 Å². The van der Waals surface area contributed by atoms with Gasteiger partial charge in [-0.1, -0.05) is 18.2 Å². The summed E-state index contributed by atoms with van der Waals surface area (Å²) in [6.07, 6.45) is 0.937. The molecular formula is C20H14N2O2. The quantitative estimate of drug-likeness (QED) is 0.461. The van der Waals surface area contributed by atoms with E-state index in [1.54, 1.807) is 7.11 Å². The van der Waals surface area contributed by atoms with Crippen LogP contribution in [-0.4, -0.2) is 23.4 Å². The van der Waals surface area contributed by atoms with Gasteiger partial charge in [0, 0.05) is 43.7 Å². The number of nitrogens with one attached hydrogen (secondary N) is 2. The van der Waals surface area contributed by atoms with Crippen molar-refractivity contribution in [3.05, 3.63) is 54.1 Å². The van der Waals surface area contributed by atoms with Gasteiger partial charge < -0.3 is 14.7 Å². The molecule has 0 bridgehead atoms. The maximum absolute atomic E-state index is 11.9. The van der Waals surface area contributed by atoms with Crippen LogP contribution in [0.15, 0.2) is 48.5 Å². The Bertz CT molecular complexity index is 1260. The second kappa shape index (κ2) is 4.61. The molecule has 24 heavy (non-hydrogen) atoms. The second-order valence-corrected chi connectivity index (χ2v) is 5.96. The van der Waals surface area contributed by atoms with Gasteiger partial charge in [0.05, 0.1) is 12.6 Å². The molecule has 0 atom stereocenters. The summed E-state index contributed by atoms with van der Waals surface area (Å²) >= 11 is 0. The summed E-state index contributed by atoms with van der Waals surface area (Å²) < 4.78 is 5.34. The van der Waals surface area contributed by atoms with E-state index in [9.17, 15) is 4.79 Å². The first kappa shape index (κ1) is 13.2. The van der Waals surface area contributed by atoms with Gasteiger partial charge in [0.2, 0.25) is 0 Å². The van der Waals surface area contributed by atoms with Crippen LogP contribution in [0.25, 0.3) is 43.6 Å². The molecule has 5 aromatic rings. The maximum Gasteiger partial charge on any atom is 0.152 e. The first-order chi connectivity index (χ1) is 11.8. The number of fused-ring (bicyclic) bond motifs is 6. The third-order valence-electron chi connectivity index (χ3n) is 4.73.